The second kappa shape index (κ2) is 9.84. The first kappa shape index (κ1) is 22.6. The summed E-state index contributed by atoms with van der Waals surface area (Å²) in [5.41, 5.74) is 1.00. The number of hydrogen-bond donors (Lipinski definition) is 3. The molecule has 0 aliphatic carbocycles. The highest BCUT2D eigenvalue weighted by Crippen LogP contribution is 2.35. The summed E-state index contributed by atoms with van der Waals surface area (Å²) in [4.78, 5) is 35.3. The fourth-order valence-corrected chi connectivity index (χ4v) is 2.92. The SMILES string of the molecule is COc1ccc(C=C2Oc3cc(OCC(=O)N[C@@H](CO)C(=O)O)ccc3C2=O)cc1OC. The Bertz CT molecular complexity index is 1080. The Hall–Kier alpha value is -4.05. The third kappa shape index (κ3) is 4.98. The summed E-state index contributed by atoms with van der Waals surface area (Å²) in [5.74, 6) is -0.729. The molecule has 0 aromatic heterocycles. The van der Waals surface area contributed by atoms with Gasteiger partial charge in [0.1, 0.15) is 17.5 Å². The largest absolute Gasteiger partial charge is 0.493 e. The fourth-order valence-electron chi connectivity index (χ4n) is 2.92. The molecule has 168 valence electrons. The lowest BCUT2D eigenvalue weighted by molar-refractivity contribution is -0.143. The van der Waals surface area contributed by atoms with Crippen molar-refractivity contribution in [2.75, 3.05) is 27.4 Å². The summed E-state index contributed by atoms with van der Waals surface area (Å²) in [6.45, 7) is -1.23. The number of allylic oxidation sites excluding steroid dienone is 1. The zero-order valence-electron chi connectivity index (χ0n) is 17.3. The number of carboxylic acid groups (broad SMARTS) is 1. The van der Waals surface area contributed by atoms with Crippen molar-refractivity contribution in [3.63, 3.8) is 0 Å². The number of ether oxygens (including phenoxy) is 4. The monoisotopic (exact) mass is 443 g/mol. The molecule has 2 aromatic rings. The van der Waals surface area contributed by atoms with Crippen molar-refractivity contribution >= 4 is 23.7 Å². The van der Waals surface area contributed by atoms with Crippen LogP contribution in [0.2, 0.25) is 0 Å². The number of Topliss-reactive ketones (excluding diaryl/α,β-unsaturated/α-hetero) is 1. The van der Waals surface area contributed by atoms with Crippen LogP contribution in [-0.2, 0) is 9.59 Å². The molecule has 10 heteroatoms. The van der Waals surface area contributed by atoms with E-state index in [1.807, 2.05) is 0 Å². The van der Waals surface area contributed by atoms with Gasteiger partial charge in [0.15, 0.2) is 23.9 Å². The second-order valence-electron chi connectivity index (χ2n) is 6.64. The van der Waals surface area contributed by atoms with Crippen molar-refractivity contribution < 1.29 is 43.5 Å². The molecule has 0 unspecified atom stereocenters. The van der Waals surface area contributed by atoms with Crippen molar-refractivity contribution in [2.24, 2.45) is 0 Å². The van der Waals surface area contributed by atoms with Crippen LogP contribution in [0, 0.1) is 0 Å². The number of rotatable bonds is 9. The molecular formula is C22H21NO9. The van der Waals surface area contributed by atoms with Gasteiger partial charge in [-0.2, -0.15) is 0 Å². The molecule has 10 nitrogen and oxygen atoms in total. The molecule has 3 rings (SSSR count). The minimum Gasteiger partial charge on any atom is -0.493 e. The van der Waals surface area contributed by atoms with E-state index >= 15 is 0 Å². The van der Waals surface area contributed by atoms with Crippen molar-refractivity contribution in [3.05, 3.63) is 53.3 Å². The normalized spacial score (nSPS) is 14.3. The molecule has 3 N–H and O–H groups in total. The Kier molecular flexibility index (Phi) is 6.96. The summed E-state index contributed by atoms with van der Waals surface area (Å²) in [6, 6.07) is 8.20. The molecule has 1 aliphatic heterocycles. The van der Waals surface area contributed by atoms with Gasteiger partial charge in [-0.1, -0.05) is 6.07 Å². The van der Waals surface area contributed by atoms with Gasteiger partial charge in [0.05, 0.1) is 26.4 Å². The Labute approximate surface area is 183 Å². The standard InChI is InChI=1S/C22H21NO9/c1-29-16-6-3-12(7-18(16)30-2)8-19-21(26)14-5-4-13(9-17(14)32-19)31-11-20(25)23-15(10-24)22(27)28/h3-9,15,24H,10-11H2,1-2H3,(H,23,25)(H,27,28)/t15-/m0/s1. The molecule has 1 atom stereocenters. The first-order valence-corrected chi connectivity index (χ1v) is 9.42. The van der Waals surface area contributed by atoms with Gasteiger partial charge in [0.2, 0.25) is 5.78 Å². The van der Waals surface area contributed by atoms with Gasteiger partial charge >= 0.3 is 5.97 Å². The third-order valence-corrected chi connectivity index (χ3v) is 4.53. The number of carbonyl (C=O) groups is 3. The van der Waals surface area contributed by atoms with Crippen LogP contribution < -0.4 is 24.3 Å². The molecule has 32 heavy (non-hydrogen) atoms. The van der Waals surface area contributed by atoms with Gasteiger partial charge in [-0.3, -0.25) is 9.59 Å². The van der Waals surface area contributed by atoms with Gasteiger partial charge in [0.25, 0.3) is 5.91 Å². The summed E-state index contributed by atoms with van der Waals surface area (Å²) in [5, 5.41) is 19.9. The minimum absolute atomic E-state index is 0.106. The minimum atomic E-state index is -1.42. The van der Waals surface area contributed by atoms with Gasteiger partial charge in [-0.05, 0) is 35.9 Å². The maximum atomic E-state index is 12.6. The quantitative estimate of drug-likeness (QED) is 0.489. The lowest BCUT2D eigenvalue weighted by Crippen LogP contribution is -2.45. The Morgan fingerprint density at radius 1 is 1.12 bits per heavy atom. The van der Waals surface area contributed by atoms with E-state index in [-0.39, 0.29) is 23.0 Å². The number of hydrogen-bond acceptors (Lipinski definition) is 8. The average molecular weight is 443 g/mol. The summed E-state index contributed by atoms with van der Waals surface area (Å²) < 4.78 is 21.5. The number of fused-ring (bicyclic) bond motifs is 1. The first-order chi connectivity index (χ1) is 15.4. The summed E-state index contributed by atoms with van der Waals surface area (Å²) in [6.07, 6.45) is 1.57. The van der Waals surface area contributed by atoms with E-state index in [0.29, 0.717) is 22.6 Å². The topological polar surface area (TPSA) is 141 Å². The predicted octanol–water partition coefficient (Wildman–Crippen LogP) is 1.26. The Balaban J connectivity index is 1.69. The lowest BCUT2D eigenvalue weighted by Gasteiger charge is -2.12. The van der Waals surface area contributed by atoms with Gasteiger partial charge < -0.3 is 34.5 Å². The summed E-state index contributed by atoms with van der Waals surface area (Å²) >= 11 is 0. The predicted molar refractivity (Wildman–Crippen MR) is 111 cm³/mol. The maximum absolute atomic E-state index is 12.6. The van der Waals surface area contributed by atoms with Crippen LogP contribution in [0.3, 0.4) is 0 Å². The van der Waals surface area contributed by atoms with E-state index in [2.05, 4.69) is 5.32 Å². The Morgan fingerprint density at radius 2 is 1.88 bits per heavy atom. The van der Waals surface area contributed by atoms with Crippen molar-refractivity contribution in [1.29, 1.82) is 0 Å². The number of carbonyl (C=O) groups excluding carboxylic acids is 2. The van der Waals surface area contributed by atoms with E-state index in [1.165, 1.54) is 32.4 Å². The van der Waals surface area contributed by atoms with Crippen LogP contribution in [0.5, 0.6) is 23.0 Å². The van der Waals surface area contributed by atoms with Crippen molar-refractivity contribution in [2.45, 2.75) is 6.04 Å². The number of aliphatic carboxylic acids is 1. The van der Waals surface area contributed by atoms with Crippen LogP contribution in [0.4, 0.5) is 0 Å². The maximum Gasteiger partial charge on any atom is 0.328 e. The molecular weight excluding hydrogens is 422 g/mol. The number of nitrogens with one attached hydrogen (secondary N) is 1. The lowest BCUT2D eigenvalue weighted by atomic mass is 10.1. The molecule has 1 heterocycles. The van der Waals surface area contributed by atoms with E-state index in [0.717, 1.165) is 0 Å². The molecule has 1 aliphatic rings. The fraction of sp³-hybridized carbons (Fsp3) is 0.227. The molecule has 0 saturated heterocycles. The van der Waals surface area contributed by atoms with Crippen molar-refractivity contribution in [1.82, 2.24) is 5.32 Å². The second-order valence-corrected chi connectivity index (χ2v) is 6.64. The zero-order valence-corrected chi connectivity index (χ0v) is 17.3. The van der Waals surface area contributed by atoms with Gasteiger partial charge in [-0.25, -0.2) is 4.79 Å². The van der Waals surface area contributed by atoms with E-state index in [1.54, 1.807) is 24.3 Å². The number of methoxy groups -OCH3 is 2. The number of aliphatic hydroxyl groups excluding tert-OH is 1. The van der Waals surface area contributed by atoms with Crippen LogP contribution in [0.15, 0.2) is 42.2 Å². The molecule has 2 aromatic carbocycles. The molecule has 0 fully saturated rings. The number of aliphatic hydroxyl groups is 1. The summed E-state index contributed by atoms with van der Waals surface area (Å²) in [7, 11) is 3.03. The highest BCUT2D eigenvalue weighted by molar-refractivity contribution is 6.14. The van der Waals surface area contributed by atoms with Gasteiger partial charge in [-0.15, -0.1) is 0 Å². The van der Waals surface area contributed by atoms with Gasteiger partial charge in [0, 0.05) is 6.07 Å². The smallest absolute Gasteiger partial charge is 0.328 e. The average Bonchev–Trinajstić information content (AvgIpc) is 3.10. The highest BCUT2D eigenvalue weighted by atomic mass is 16.5. The molecule has 0 saturated carbocycles. The zero-order chi connectivity index (χ0) is 23.3. The number of benzene rings is 2. The van der Waals surface area contributed by atoms with Crippen LogP contribution in [-0.4, -0.2) is 61.3 Å². The van der Waals surface area contributed by atoms with Crippen LogP contribution >= 0.6 is 0 Å². The molecule has 0 spiro atoms. The number of amides is 1. The van der Waals surface area contributed by atoms with Crippen LogP contribution in [0.1, 0.15) is 15.9 Å². The number of carboxylic acids is 1. The highest BCUT2D eigenvalue weighted by Gasteiger charge is 2.28. The van der Waals surface area contributed by atoms with E-state index in [4.69, 9.17) is 29.2 Å². The first-order valence-electron chi connectivity index (χ1n) is 9.42. The molecule has 1 amide bonds. The van der Waals surface area contributed by atoms with Crippen LogP contribution in [0.25, 0.3) is 6.08 Å². The molecule has 0 bridgehead atoms. The Morgan fingerprint density at radius 3 is 2.53 bits per heavy atom. The molecule has 0 radical (unpaired) electrons. The van der Waals surface area contributed by atoms with E-state index < -0.39 is 31.1 Å². The number of ketones is 1. The van der Waals surface area contributed by atoms with Crippen molar-refractivity contribution in [3.8, 4) is 23.0 Å². The van der Waals surface area contributed by atoms with E-state index in [9.17, 15) is 14.4 Å². The third-order valence-electron chi connectivity index (χ3n) is 4.53.